The van der Waals surface area contributed by atoms with Gasteiger partial charge in [-0.3, -0.25) is 0 Å². The smallest absolute Gasteiger partial charge is 0.337 e. The number of rotatable bonds is 1. The number of aromatic nitrogens is 2. The highest BCUT2D eigenvalue weighted by atomic mass is 35.5. The Morgan fingerprint density at radius 2 is 2.31 bits per heavy atom. The molecule has 2 heterocycles. The molecule has 0 spiro atoms. The molecule has 0 radical (unpaired) electrons. The van der Waals surface area contributed by atoms with Gasteiger partial charge in [-0.15, -0.1) is 0 Å². The minimum atomic E-state index is -0.898. The summed E-state index contributed by atoms with van der Waals surface area (Å²) in [7, 11) is 0. The predicted molar refractivity (Wildman–Crippen MR) is 57.2 cm³/mol. The molecule has 0 saturated heterocycles. The number of carboxylic acid groups (broad SMARTS) is 1. The van der Waals surface area contributed by atoms with Crippen molar-refractivity contribution < 1.29 is 27.3 Å². The van der Waals surface area contributed by atoms with E-state index in [1.165, 1.54) is 11.5 Å². The standard InChI is InChI=1S/C10H6N2O2S.ClH/c13-10(14)6-4-5-2-1-3-11-7(5)9-8(6)12-15-9;/h1-4,12H,(H,13,14);1H. The monoisotopic (exact) mass is 254 g/mol. The van der Waals surface area contributed by atoms with Crippen molar-refractivity contribution in [2.45, 2.75) is 0 Å². The van der Waals surface area contributed by atoms with Crippen molar-refractivity contribution in [3.05, 3.63) is 30.0 Å². The van der Waals surface area contributed by atoms with E-state index in [2.05, 4.69) is 9.36 Å². The number of nitrogens with one attached hydrogen (secondary N) is 2. The Hall–Kier alpha value is -1.59. The van der Waals surface area contributed by atoms with E-state index in [0.29, 0.717) is 11.1 Å². The summed E-state index contributed by atoms with van der Waals surface area (Å²) in [5.41, 5.74) is 2.03. The number of benzene rings is 1. The quantitative estimate of drug-likeness (QED) is 0.579. The van der Waals surface area contributed by atoms with Gasteiger partial charge in [-0.25, -0.2) is 9.78 Å². The molecule has 0 atom stereocenters. The number of aromatic amines is 2. The van der Waals surface area contributed by atoms with E-state index in [1.54, 1.807) is 6.07 Å². The third-order valence-corrected chi connectivity index (χ3v) is 3.32. The first-order valence-electron chi connectivity index (χ1n) is 4.41. The minimum Gasteiger partial charge on any atom is -1.00 e. The molecule has 2 aromatic heterocycles. The van der Waals surface area contributed by atoms with E-state index in [9.17, 15) is 4.79 Å². The first-order chi connectivity index (χ1) is 7.27. The molecule has 0 fully saturated rings. The average Bonchev–Trinajstić information content (AvgIpc) is 2.16. The van der Waals surface area contributed by atoms with Crippen LogP contribution in [0.2, 0.25) is 0 Å². The number of aromatic carboxylic acids is 1. The van der Waals surface area contributed by atoms with Crippen molar-refractivity contribution >= 4 is 38.6 Å². The van der Waals surface area contributed by atoms with Gasteiger partial charge >= 0.3 is 5.97 Å². The van der Waals surface area contributed by atoms with Gasteiger partial charge in [0.25, 0.3) is 0 Å². The second-order valence-corrected chi connectivity index (χ2v) is 4.09. The van der Waals surface area contributed by atoms with Crippen molar-refractivity contribution in [3.8, 4) is 0 Å². The van der Waals surface area contributed by atoms with Crippen LogP contribution in [0.15, 0.2) is 24.4 Å². The molecule has 0 aliphatic rings. The molecular weight excluding hydrogens is 248 g/mol. The van der Waals surface area contributed by atoms with Crippen LogP contribution in [0.4, 0.5) is 0 Å². The zero-order chi connectivity index (χ0) is 10.4. The van der Waals surface area contributed by atoms with Crippen LogP contribution in [0, 0.1) is 0 Å². The maximum Gasteiger partial charge on any atom is 0.337 e. The number of fused-ring (bicyclic) bond motifs is 3. The van der Waals surface area contributed by atoms with Crippen molar-refractivity contribution in [1.29, 1.82) is 0 Å². The molecule has 16 heavy (non-hydrogen) atoms. The van der Waals surface area contributed by atoms with E-state index in [-0.39, 0.29) is 12.4 Å². The SMILES string of the molecule is O=C(O)c1cc2ccc[nH+]c2c2s[nH]c12.[Cl-]. The van der Waals surface area contributed by atoms with Gasteiger partial charge in [0.1, 0.15) is 4.70 Å². The molecule has 3 aromatic rings. The number of pyridine rings is 1. The Kier molecular flexibility index (Phi) is 2.57. The van der Waals surface area contributed by atoms with Gasteiger partial charge in [0, 0.05) is 11.5 Å². The summed E-state index contributed by atoms with van der Waals surface area (Å²) in [6.45, 7) is 0. The van der Waals surface area contributed by atoms with Crippen LogP contribution >= 0.6 is 11.5 Å². The Morgan fingerprint density at radius 3 is 2.94 bits per heavy atom. The molecule has 6 heteroatoms. The highest BCUT2D eigenvalue weighted by Gasteiger charge is 2.18. The van der Waals surface area contributed by atoms with E-state index in [0.717, 1.165) is 15.6 Å². The minimum absolute atomic E-state index is 0. The molecule has 1 aromatic carbocycles. The van der Waals surface area contributed by atoms with Gasteiger partial charge in [0.15, 0.2) is 6.20 Å². The first-order valence-corrected chi connectivity index (χ1v) is 5.22. The number of hydrogen-bond acceptors (Lipinski definition) is 2. The molecule has 3 rings (SSSR count). The molecular formula is C10H7ClN2O2S. The molecule has 3 N–H and O–H groups in total. The first kappa shape index (κ1) is 10.9. The topological polar surface area (TPSA) is 67.2 Å². The van der Waals surface area contributed by atoms with Crippen molar-refractivity contribution in [2.24, 2.45) is 0 Å². The van der Waals surface area contributed by atoms with Gasteiger partial charge in [0.2, 0.25) is 5.52 Å². The highest BCUT2D eigenvalue weighted by molar-refractivity contribution is 7.16. The zero-order valence-corrected chi connectivity index (χ0v) is 9.52. The average molecular weight is 255 g/mol. The van der Waals surface area contributed by atoms with Crippen LogP contribution in [0.5, 0.6) is 0 Å². The van der Waals surface area contributed by atoms with Gasteiger partial charge in [0.05, 0.1) is 11.1 Å². The third kappa shape index (κ3) is 1.36. The molecule has 4 nitrogen and oxygen atoms in total. The van der Waals surface area contributed by atoms with Gasteiger partial charge in [-0.2, -0.15) is 0 Å². The summed E-state index contributed by atoms with van der Waals surface area (Å²) in [6.07, 6.45) is 1.84. The largest absolute Gasteiger partial charge is 1.00 e. The summed E-state index contributed by atoms with van der Waals surface area (Å²) >= 11 is 1.45. The van der Waals surface area contributed by atoms with Crippen LogP contribution in [0.1, 0.15) is 10.4 Å². The van der Waals surface area contributed by atoms with Gasteiger partial charge in [-0.05, 0) is 12.1 Å². The summed E-state index contributed by atoms with van der Waals surface area (Å²) in [6, 6.07) is 5.44. The predicted octanol–water partition coefficient (Wildman–Crippen LogP) is -1.10. The number of carboxylic acids is 1. The zero-order valence-electron chi connectivity index (χ0n) is 7.95. The molecule has 0 unspecified atom stereocenters. The van der Waals surface area contributed by atoms with Crippen LogP contribution < -0.4 is 17.4 Å². The van der Waals surface area contributed by atoms with Crippen molar-refractivity contribution in [3.63, 3.8) is 0 Å². The Bertz CT molecular complexity index is 668. The van der Waals surface area contributed by atoms with Crippen molar-refractivity contribution in [1.82, 2.24) is 4.37 Å². The highest BCUT2D eigenvalue weighted by Crippen LogP contribution is 2.30. The van der Waals surface area contributed by atoms with Crippen LogP contribution in [0.25, 0.3) is 21.1 Å². The molecule has 0 bridgehead atoms. The Labute approximate surface area is 100 Å². The van der Waals surface area contributed by atoms with E-state index in [1.807, 2.05) is 18.3 Å². The van der Waals surface area contributed by atoms with Gasteiger partial charge in [-0.1, -0.05) is 11.5 Å². The number of carbonyl (C=O) groups is 1. The second kappa shape index (κ2) is 3.77. The molecule has 0 aliphatic carbocycles. The van der Waals surface area contributed by atoms with E-state index >= 15 is 0 Å². The molecule has 0 saturated carbocycles. The van der Waals surface area contributed by atoms with E-state index < -0.39 is 5.97 Å². The lowest BCUT2D eigenvalue weighted by Gasteiger charge is -2.05. The molecule has 0 amide bonds. The summed E-state index contributed by atoms with van der Waals surface area (Å²) in [5, 5.41) is 9.94. The lowest BCUT2D eigenvalue weighted by atomic mass is 10.1. The van der Waals surface area contributed by atoms with Crippen LogP contribution in [-0.4, -0.2) is 15.4 Å². The van der Waals surface area contributed by atoms with Crippen LogP contribution in [-0.2, 0) is 0 Å². The maximum absolute atomic E-state index is 11.0. The fraction of sp³-hybridized carbons (Fsp3) is 0. The maximum atomic E-state index is 11.0. The fourth-order valence-electron chi connectivity index (χ4n) is 1.67. The summed E-state index contributed by atoms with van der Waals surface area (Å²) in [5.74, 6) is -0.898. The lowest BCUT2D eigenvalue weighted by Crippen LogP contribution is -3.00. The number of halogens is 1. The Morgan fingerprint density at radius 1 is 1.50 bits per heavy atom. The third-order valence-electron chi connectivity index (χ3n) is 2.40. The lowest BCUT2D eigenvalue weighted by molar-refractivity contribution is -0.343. The van der Waals surface area contributed by atoms with Gasteiger partial charge < -0.3 is 21.9 Å². The molecule has 0 aliphatic heterocycles. The molecule has 82 valence electrons. The Balaban J connectivity index is 0.000000963. The normalized spacial score (nSPS) is 10.5. The fourth-order valence-corrected chi connectivity index (χ4v) is 2.47. The van der Waals surface area contributed by atoms with Crippen LogP contribution in [0.3, 0.4) is 0 Å². The summed E-state index contributed by atoms with van der Waals surface area (Å²) < 4.78 is 3.92. The van der Waals surface area contributed by atoms with E-state index in [4.69, 9.17) is 5.11 Å². The second-order valence-electron chi connectivity index (χ2n) is 3.27. The summed E-state index contributed by atoms with van der Waals surface area (Å²) in [4.78, 5) is 14.1. The van der Waals surface area contributed by atoms with Crippen molar-refractivity contribution in [2.75, 3.05) is 0 Å². The number of hydrogen-bond donors (Lipinski definition) is 2. The number of H-pyrrole nitrogens is 2.